The van der Waals surface area contributed by atoms with E-state index in [1.54, 1.807) is 0 Å². The molecule has 11 rings (SSSR count). The molecule has 0 radical (unpaired) electrons. The second kappa shape index (κ2) is 13.3. The molecule has 0 saturated carbocycles. The minimum absolute atomic E-state index is 0.889. The predicted octanol–water partition coefficient (Wildman–Crippen LogP) is 15.7. The van der Waals surface area contributed by atoms with Crippen molar-refractivity contribution >= 4 is 98.3 Å². The van der Waals surface area contributed by atoms with E-state index in [2.05, 4.69) is 204 Å². The molecule has 11 aromatic rings. The van der Waals surface area contributed by atoms with E-state index in [1.165, 1.54) is 47.8 Å². The lowest BCUT2D eigenvalue weighted by Crippen LogP contribution is -2.10. The molecule has 4 heteroatoms. The number of para-hydroxylation sites is 3. The number of nitrogens with zero attached hydrogens (tertiary/aromatic N) is 2. The summed E-state index contributed by atoms with van der Waals surface area (Å²) in [4.78, 5) is 4.75. The van der Waals surface area contributed by atoms with Crippen LogP contribution in [0.25, 0.3) is 64.0 Å². The van der Waals surface area contributed by atoms with E-state index in [0.29, 0.717) is 0 Å². The molecule has 0 amide bonds. The van der Waals surface area contributed by atoms with Gasteiger partial charge in [-0.3, -0.25) is 0 Å². The molecule has 0 fully saturated rings. The molecule has 0 N–H and O–H groups in total. The molecule has 2 heterocycles. The predicted molar refractivity (Wildman–Crippen MR) is 239 cm³/mol. The van der Waals surface area contributed by atoms with Gasteiger partial charge in [0.05, 0.1) is 16.1 Å². The number of hydrogen-bond donors (Lipinski definition) is 0. The van der Waals surface area contributed by atoms with Crippen molar-refractivity contribution in [2.45, 2.75) is 0 Å². The van der Waals surface area contributed by atoms with Gasteiger partial charge in [0.15, 0.2) is 0 Å². The van der Waals surface area contributed by atoms with Crippen LogP contribution in [0.15, 0.2) is 211 Å². The van der Waals surface area contributed by atoms with Gasteiger partial charge in [-0.1, -0.05) is 127 Å². The van der Waals surface area contributed by atoms with Crippen molar-refractivity contribution in [2.75, 3.05) is 9.80 Å². The molecule has 0 saturated heterocycles. The smallest absolute Gasteiger partial charge is 0.135 e. The highest BCUT2D eigenvalue weighted by molar-refractivity contribution is 7.26. The lowest BCUT2D eigenvalue weighted by atomic mass is 9.96. The van der Waals surface area contributed by atoms with Crippen LogP contribution >= 0.6 is 11.3 Å². The van der Waals surface area contributed by atoms with Crippen LogP contribution in [0.2, 0.25) is 0 Å². The van der Waals surface area contributed by atoms with E-state index in [9.17, 15) is 0 Å². The Hall–Kier alpha value is -7.14. The summed E-state index contributed by atoms with van der Waals surface area (Å²) in [6.07, 6.45) is 0. The van der Waals surface area contributed by atoms with Gasteiger partial charge >= 0.3 is 0 Å². The minimum atomic E-state index is 0.889. The molecule has 264 valence electrons. The maximum atomic E-state index is 6.18. The van der Waals surface area contributed by atoms with Crippen molar-refractivity contribution in [3.05, 3.63) is 206 Å². The van der Waals surface area contributed by atoms with E-state index in [1.807, 2.05) is 23.5 Å². The van der Waals surface area contributed by atoms with Gasteiger partial charge in [0.2, 0.25) is 0 Å². The van der Waals surface area contributed by atoms with Gasteiger partial charge in [0.1, 0.15) is 11.2 Å². The van der Waals surface area contributed by atoms with Crippen LogP contribution in [0, 0.1) is 0 Å². The number of furan rings is 1. The van der Waals surface area contributed by atoms with Crippen LogP contribution in [0.3, 0.4) is 0 Å². The summed E-state index contributed by atoms with van der Waals surface area (Å²) in [5.41, 5.74) is 10.9. The van der Waals surface area contributed by atoms with Gasteiger partial charge in [-0.15, -0.1) is 11.3 Å². The molecule has 3 nitrogen and oxygen atoms in total. The van der Waals surface area contributed by atoms with Crippen LogP contribution in [0.5, 0.6) is 0 Å². The van der Waals surface area contributed by atoms with Crippen molar-refractivity contribution in [3.63, 3.8) is 0 Å². The van der Waals surface area contributed by atoms with Crippen LogP contribution in [-0.4, -0.2) is 0 Å². The molecule has 0 atom stereocenters. The summed E-state index contributed by atoms with van der Waals surface area (Å²) in [7, 11) is 0. The number of rotatable bonds is 7. The van der Waals surface area contributed by atoms with Crippen molar-refractivity contribution < 1.29 is 4.42 Å². The number of hydrogen-bond acceptors (Lipinski definition) is 4. The number of benzene rings is 9. The monoisotopic (exact) mass is 734 g/mol. The maximum Gasteiger partial charge on any atom is 0.135 e. The largest absolute Gasteiger partial charge is 0.456 e. The van der Waals surface area contributed by atoms with Crippen LogP contribution in [-0.2, 0) is 0 Å². The van der Waals surface area contributed by atoms with E-state index >= 15 is 0 Å². The van der Waals surface area contributed by atoms with Gasteiger partial charge in [-0.2, -0.15) is 0 Å². The molecule has 0 aliphatic carbocycles. The van der Waals surface area contributed by atoms with Crippen molar-refractivity contribution in [3.8, 4) is 11.1 Å². The van der Waals surface area contributed by atoms with E-state index in [4.69, 9.17) is 4.42 Å². The number of thiophene rings is 1. The molecule has 0 spiro atoms. The molecule has 0 unspecified atom stereocenters. The van der Waals surface area contributed by atoms with Crippen LogP contribution < -0.4 is 9.80 Å². The average molecular weight is 735 g/mol. The molecular formula is C52H34N2OS. The Balaban J connectivity index is 1.03. The molecular weight excluding hydrogens is 701 g/mol. The second-order valence-electron chi connectivity index (χ2n) is 14.1. The Bertz CT molecular complexity index is 3200. The average Bonchev–Trinajstić information content (AvgIpc) is 3.84. The van der Waals surface area contributed by atoms with Gasteiger partial charge in [0, 0.05) is 54.4 Å². The van der Waals surface area contributed by atoms with Crippen LogP contribution in [0.4, 0.5) is 34.1 Å². The fraction of sp³-hybridized carbons (Fsp3) is 0. The normalized spacial score (nSPS) is 11.6. The van der Waals surface area contributed by atoms with Gasteiger partial charge < -0.3 is 14.2 Å². The molecule has 2 aromatic heterocycles. The van der Waals surface area contributed by atoms with Gasteiger partial charge in [-0.25, -0.2) is 0 Å². The van der Waals surface area contributed by atoms with E-state index < -0.39 is 0 Å². The molecule has 0 aliphatic rings. The zero-order valence-electron chi connectivity index (χ0n) is 30.3. The summed E-state index contributed by atoms with van der Waals surface area (Å²) in [5.74, 6) is 0. The SMILES string of the molecule is c1ccc(N(c2ccc(-c3ccc(N(c4ccccc4)c4cccc5c4sc4ccccc45)c4ccccc34)cc2)c2ccc3oc4ccccc4c3c2)cc1. The number of fused-ring (bicyclic) bond motifs is 7. The lowest BCUT2D eigenvalue weighted by molar-refractivity contribution is 0.669. The Morgan fingerprint density at radius 3 is 1.71 bits per heavy atom. The summed E-state index contributed by atoms with van der Waals surface area (Å²) < 4.78 is 8.76. The Kier molecular flexibility index (Phi) is 7.68. The quantitative estimate of drug-likeness (QED) is 0.163. The zero-order valence-corrected chi connectivity index (χ0v) is 31.2. The molecule has 56 heavy (non-hydrogen) atoms. The highest BCUT2D eigenvalue weighted by atomic mass is 32.1. The standard InChI is InChI=1S/C52H34N2OS/c1-3-14-36(15-4-1)53(39-30-33-50-46(34-39)43-20-9-11-24-49(43)55-50)38-28-26-35(27-29-38)40-31-32-47(42-19-8-7-18-41(40)42)54(37-16-5-2-6-17-37)48-23-13-22-45-44-21-10-12-25-51(44)56-52(45)48/h1-34H. The van der Waals surface area contributed by atoms with Crippen LogP contribution in [0.1, 0.15) is 0 Å². The first-order valence-corrected chi connectivity index (χ1v) is 19.7. The minimum Gasteiger partial charge on any atom is -0.456 e. The first kappa shape index (κ1) is 32.3. The second-order valence-corrected chi connectivity index (χ2v) is 15.1. The zero-order chi connectivity index (χ0) is 37.0. The summed E-state index contributed by atoms with van der Waals surface area (Å²) >= 11 is 1.86. The summed E-state index contributed by atoms with van der Waals surface area (Å²) in [6.45, 7) is 0. The fourth-order valence-corrected chi connectivity index (χ4v) is 9.50. The maximum absolute atomic E-state index is 6.18. The van der Waals surface area contributed by atoms with Crippen molar-refractivity contribution in [1.29, 1.82) is 0 Å². The van der Waals surface area contributed by atoms with E-state index in [-0.39, 0.29) is 0 Å². The van der Waals surface area contributed by atoms with Crippen molar-refractivity contribution in [2.24, 2.45) is 0 Å². The lowest BCUT2D eigenvalue weighted by Gasteiger charge is -2.28. The van der Waals surface area contributed by atoms with Gasteiger partial charge in [-0.05, 0) is 95.4 Å². The topological polar surface area (TPSA) is 19.6 Å². The highest BCUT2D eigenvalue weighted by Gasteiger charge is 2.21. The molecule has 9 aromatic carbocycles. The molecule has 0 bridgehead atoms. The Labute approximate surface area is 328 Å². The van der Waals surface area contributed by atoms with Crippen molar-refractivity contribution in [1.82, 2.24) is 0 Å². The van der Waals surface area contributed by atoms with E-state index in [0.717, 1.165) is 50.4 Å². The summed E-state index contributed by atoms with van der Waals surface area (Å²) in [6, 6.07) is 73.9. The third-order valence-corrected chi connectivity index (χ3v) is 12.1. The highest BCUT2D eigenvalue weighted by Crippen LogP contribution is 2.47. The summed E-state index contributed by atoms with van der Waals surface area (Å²) in [5, 5.41) is 7.21. The first-order valence-electron chi connectivity index (χ1n) is 18.9. The fourth-order valence-electron chi connectivity index (χ4n) is 8.29. The third-order valence-electron chi connectivity index (χ3n) is 10.9. The van der Waals surface area contributed by atoms with Gasteiger partial charge in [0.25, 0.3) is 0 Å². The Morgan fingerprint density at radius 2 is 0.929 bits per heavy atom. The Morgan fingerprint density at radius 1 is 0.339 bits per heavy atom. The third kappa shape index (κ3) is 5.34. The first-order chi connectivity index (χ1) is 27.8. The molecule has 0 aliphatic heterocycles. The number of anilines is 6.